The Morgan fingerprint density at radius 2 is 1.71 bits per heavy atom. The van der Waals surface area contributed by atoms with Crippen LogP contribution in [-0.4, -0.2) is 27.9 Å². The van der Waals surface area contributed by atoms with Gasteiger partial charge in [-0.1, -0.05) is 12.2 Å². The van der Waals surface area contributed by atoms with Crippen molar-refractivity contribution in [3.8, 4) is 17.2 Å². The predicted octanol–water partition coefficient (Wildman–Crippen LogP) is 2.34. The summed E-state index contributed by atoms with van der Waals surface area (Å²) in [6.45, 7) is 0.640. The van der Waals surface area contributed by atoms with E-state index in [1.165, 1.54) is 0 Å². The molecule has 0 saturated heterocycles. The molecule has 92 valence electrons. The van der Waals surface area contributed by atoms with Crippen LogP contribution in [0.15, 0.2) is 24.3 Å². The van der Waals surface area contributed by atoms with Crippen molar-refractivity contribution in [2.45, 2.75) is 6.10 Å². The van der Waals surface area contributed by atoms with E-state index in [0.29, 0.717) is 23.9 Å². The van der Waals surface area contributed by atoms with Gasteiger partial charge in [0, 0.05) is 0 Å². The van der Waals surface area contributed by atoms with Crippen LogP contribution in [0, 0.1) is 0 Å². The first kappa shape index (κ1) is 11.8. The Balaban J connectivity index is 2.44. The fourth-order valence-electron chi connectivity index (χ4n) is 1.87. The second-order valence-corrected chi connectivity index (χ2v) is 3.64. The SMILES string of the molecule is COc1cc([C@@H]2C=CCO2)cc(OC)c1OC. The highest BCUT2D eigenvalue weighted by molar-refractivity contribution is 5.54. The average molecular weight is 236 g/mol. The van der Waals surface area contributed by atoms with Crippen LogP contribution in [0.25, 0.3) is 0 Å². The lowest BCUT2D eigenvalue weighted by atomic mass is 10.1. The smallest absolute Gasteiger partial charge is 0.203 e. The van der Waals surface area contributed by atoms with Crippen molar-refractivity contribution >= 4 is 0 Å². The second kappa shape index (κ2) is 5.10. The van der Waals surface area contributed by atoms with E-state index in [1.54, 1.807) is 21.3 Å². The van der Waals surface area contributed by atoms with Gasteiger partial charge in [-0.25, -0.2) is 0 Å². The molecule has 1 aromatic rings. The summed E-state index contributed by atoms with van der Waals surface area (Å²) in [5, 5.41) is 0. The lowest BCUT2D eigenvalue weighted by molar-refractivity contribution is 0.129. The molecule has 1 atom stereocenters. The molecule has 0 aromatic heterocycles. The van der Waals surface area contributed by atoms with Crippen LogP contribution in [0.3, 0.4) is 0 Å². The first-order valence-corrected chi connectivity index (χ1v) is 5.38. The van der Waals surface area contributed by atoms with Gasteiger partial charge >= 0.3 is 0 Å². The van der Waals surface area contributed by atoms with Gasteiger partial charge in [0.05, 0.1) is 27.9 Å². The molecule has 0 fully saturated rings. The van der Waals surface area contributed by atoms with E-state index in [2.05, 4.69) is 0 Å². The minimum Gasteiger partial charge on any atom is -0.493 e. The Bertz CT molecular complexity index is 400. The van der Waals surface area contributed by atoms with E-state index in [0.717, 1.165) is 5.56 Å². The molecule has 4 heteroatoms. The second-order valence-electron chi connectivity index (χ2n) is 3.64. The molecule has 1 aliphatic heterocycles. The van der Waals surface area contributed by atoms with Crippen LogP contribution in [0.4, 0.5) is 0 Å². The maximum Gasteiger partial charge on any atom is 0.203 e. The molecule has 0 amide bonds. The van der Waals surface area contributed by atoms with Crippen molar-refractivity contribution in [2.24, 2.45) is 0 Å². The molecule has 0 unspecified atom stereocenters. The molecule has 1 aliphatic rings. The summed E-state index contributed by atoms with van der Waals surface area (Å²) >= 11 is 0. The summed E-state index contributed by atoms with van der Waals surface area (Å²) < 4.78 is 21.4. The van der Waals surface area contributed by atoms with Crippen molar-refractivity contribution in [1.82, 2.24) is 0 Å². The minimum atomic E-state index is -0.0382. The Labute approximate surface area is 101 Å². The minimum absolute atomic E-state index is 0.0382. The highest BCUT2D eigenvalue weighted by atomic mass is 16.5. The van der Waals surface area contributed by atoms with Gasteiger partial charge in [-0.2, -0.15) is 0 Å². The predicted molar refractivity (Wildman–Crippen MR) is 63.9 cm³/mol. The van der Waals surface area contributed by atoms with Gasteiger partial charge in [0.15, 0.2) is 11.5 Å². The first-order chi connectivity index (χ1) is 8.30. The van der Waals surface area contributed by atoms with Gasteiger partial charge < -0.3 is 18.9 Å². The highest BCUT2D eigenvalue weighted by Crippen LogP contribution is 2.40. The Morgan fingerprint density at radius 3 is 2.12 bits per heavy atom. The zero-order valence-electron chi connectivity index (χ0n) is 10.2. The third-order valence-electron chi connectivity index (χ3n) is 2.70. The maximum absolute atomic E-state index is 5.55. The molecule has 0 saturated carbocycles. The average Bonchev–Trinajstić information content (AvgIpc) is 2.90. The lowest BCUT2D eigenvalue weighted by Gasteiger charge is -2.16. The number of ether oxygens (including phenoxy) is 4. The van der Waals surface area contributed by atoms with E-state index in [-0.39, 0.29) is 6.10 Å². The van der Waals surface area contributed by atoms with E-state index in [1.807, 2.05) is 24.3 Å². The third-order valence-corrected chi connectivity index (χ3v) is 2.70. The molecule has 0 N–H and O–H groups in total. The van der Waals surface area contributed by atoms with Crippen molar-refractivity contribution < 1.29 is 18.9 Å². The summed E-state index contributed by atoms with van der Waals surface area (Å²) in [5.41, 5.74) is 0.994. The topological polar surface area (TPSA) is 36.9 Å². The largest absolute Gasteiger partial charge is 0.493 e. The molecule has 2 rings (SSSR count). The lowest BCUT2D eigenvalue weighted by Crippen LogP contribution is -2.00. The van der Waals surface area contributed by atoms with Crippen LogP contribution in [0.5, 0.6) is 17.2 Å². The molecule has 0 aliphatic carbocycles. The maximum atomic E-state index is 5.55. The summed E-state index contributed by atoms with van der Waals surface area (Å²) in [4.78, 5) is 0. The summed E-state index contributed by atoms with van der Waals surface area (Å²) in [6.07, 6.45) is 3.97. The van der Waals surface area contributed by atoms with Crippen LogP contribution in [0.1, 0.15) is 11.7 Å². The molecule has 1 heterocycles. The Morgan fingerprint density at radius 1 is 1.06 bits per heavy atom. The summed E-state index contributed by atoms with van der Waals surface area (Å²) in [6, 6.07) is 3.81. The number of rotatable bonds is 4. The summed E-state index contributed by atoms with van der Waals surface area (Å²) in [7, 11) is 4.80. The molecule has 0 spiro atoms. The van der Waals surface area contributed by atoms with Crippen molar-refractivity contribution in [3.05, 3.63) is 29.8 Å². The zero-order valence-corrected chi connectivity index (χ0v) is 10.2. The monoisotopic (exact) mass is 236 g/mol. The Kier molecular flexibility index (Phi) is 3.54. The Hall–Kier alpha value is -1.68. The van der Waals surface area contributed by atoms with Crippen LogP contribution in [0.2, 0.25) is 0 Å². The quantitative estimate of drug-likeness (QED) is 0.752. The molecule has 4 nitrogen and oxygen atoms in total. The third kappa shape index (κ3) is 2.22. The van der Waals surface area contributed by atoms with Gasteiger partial charge in [0.2, 0.25) is 5.75 Å². The fraction of sp³-hybridized carbons (Fsp3) is 0.385. The zero-order chi connectivity index (χ0) is 12.3. The molecule has 17 heavy (non-hydrogen) atoms. The van der Waals surface area contributed by atoms with Gasteiger partial charge in [-0.3, -0.25) is 0 Å². The molecule has 0 radical (unpaired) electrons. The standard InChI is InChI=1S/C13H16O4/c1-14-11-7-9(10-5-4-6-17-10)8-12(15-2)13(11)16-3/h4-5,7-8,10H,6H2,1-3H3/t10-/m0/s1. The van der Waals surface area contributed by atoms with Gasteiger partial charge in [0.25, 0.3) is 0 Å². The van der Waals surface area contributed by atoms with E-state index in [9.17, 15) is 0 Å². The van der Waals surface area contributed by atoms with Crippen molar-refractivity contribution in [2.75, 3.05) is 27.9 Å². The van der Waals surface area contributed by atoms with Crippen LogP contribution < -0.4 is 14.2 Å². The molecule has 1 aromatic carbocycles. The molecular formula is C13H16O4. The number of benzene rings is 1. The van der Waals surface area contributed by atoms with Crippen LogP contribution >= 0.6 is 0 Å². The van der Waals surface area contributed by atoms with Crippen molar-refractivity contribution in [3.63, 3.8) is 0 Å². The molecular weight excluding hydrogens is 220 g/mol. The first-order valence-electron chi connectivity index (χ1n) is 5.38. The van der Waals surface area contributed by atoms with Crippen LogP contribution in [-0.2, 0) is 4.74 Å². The van der Waals surface area contributed by atoms with Crippen molar-refractivity contribution in [1.29, 1.82) is 0 Å². The van der Waals surface area contributed by atoms with E-state index >= 15 is 0 Å². The summed E-state index contributed by atoms with van der Waals surface area (Å²) in [5.74, 6) is 1.89. The van der Waals surface area contributed by atoms with E-state index < -0.39 is 0 Å². The number of hydrogen-bond donors (Lipinski definition) is 0. The molecule has 0 bridgehead atoms. The highest BCUT2D eigenvalue weighted by Gasteiger charge is 2.19. The van der Waals surface area contributed by atoms with Gasteiger partial charge in [-0.15, -0.1) is 0 Å². The van der Waals surface area contributed by atoms with Gasteiger partial charge in [0.1, 0.15) is 6.10 Å². The van der Waals surface area contributed by atoms with E-state index in [4.69, 9.17) is 18.9 Å². The normalized spacial score (nSPS) is 18.2. The number of methoxy groups -OCH3 is 3. The number of hydrogen-bond acceptors (Lipinski definition) is 4. The fourth-order valence-corrected chi connectivity index (χ4v) is 1.87. The van der Waals surface area contributed by atoms with Gasteiger partial charge in [-0.05, 0) is 17.7 Å².